The predicted molar refractivity (Wildman–Crippen MR) is 75.5 cm³/mol. The Hall–Kier alpha value is -2.14. The second-order valence-corrected chi connectivity index (χ2v) is 5.25. The van der Waals surface area contributed by atoms with E-state index in [1.54, 1.807) is 6.07 Å². The number of anilines is 1. The summed E-state index contributed by atoms with van der Waals surface area (Å²) in [7, 11) is 0. The summed E-state index contributed by atoms with van der Waals surface area (Å²) in [5.74, 6) is 1.01. The van der Waals surface area contributed by atoms with Crippen LogP contribution in [0.2, 0.25) is 0 Å². The van der Waals surface area contributed by atoms with E-state index in [-0.39, 0.29) is 11.9 Å². The van der Waals surface area contributed by atoms with Gasteiger partial charge in [0.15, 0.2) is 5.69 Å². The van der Waals surface area contributed by atoms with Crippen LogP contribution in [0.4, 0.5) is 5.69 Å². The molecule has 1 aromatic heterocycles. The van der Waals surface area contributed by atoms with Crippen LogP contribution in [-0.4, -0.2) is 11.1 Å². The molecule has 2 aromatic rings. The summed E-state index contributed by atoms with van der Waals surface area (Å²) in [6.07, 6.45) is 2.24. The Kier molecular flexibility index (Phi) is 3.28. The fourth-order valence-electron chi connectivity index (χ4n) is 2.02. The van der Waals surface area contributed by atoms with Crippen LogP contribution in [0.25, 0.3) is 0 Å². The minimum absolute atomic E-state index is 0.0172. The molecule has 1 fully saturated rings. The van der Waals surface area contributed by atoms with Crippen LogP contribution < -0.4 is 11.1 Å². The van der Waals surface area contributed by atoms with E-state index in [0.29, 0.717) is 11.6 Å². The minimum atomic E-state index is -0.255. The van der Waals surface area contributed by atoms with E-state index in [1.807, 2.05) is 31.2 Å². The molecule has 1 aliphatic carbocycles. The van der Waals surface area contributed by atoms with Crippen molar-refractivity contribution < 1.29 is 9.32 Å². The Morgan fingerprint density at radius 1 is 1.40 bits per heavy atom. The van der Waals surface area contributed by atoms with Gasteiger partial charge in [-0.3, -0.25) is 4.79 Å². The molecule has 5 heteroatoms. The lowest BCUT2D eigenvalue weighted by molar-refractivity contribution is 0.101. The van der Waals surface area contributed by atoms with Gasteiger partial charge in [0.2, 0.25) is 0 Å². The van der Waals surface area contributed by atoms with Crippen molar-refractivity contribution >= 4 is 11.6 Å². The van der Waals surface area contributed by atoms with E-state index in [9.17, 15) is 4.79 Å². The maximum atomic E-state index is 12.0. The molecule has 1 amide bonds. The Balaban J connectivity index is 1.68. The molecular formula is C15H17N3O2. The van der Waals surface area contributed by atoms with Crippen LogP contribution in [0.5, 0.6) is 0 Å². The molecule has 0 radical (unpaired) electrons. The van der Waals surface area contributed by atoms with E-state index in [1.165, 1.54) is 0 Å². The van der Waals surface area contributed by atoms with Gasteiger partial charge in [0, 0.05) is 23.7 Å². The molecule has 0 saturated heterocycles. The average Bonchev–Trinajstić information content (AvgIpc) is 3.17. The molecular weight excluding hydrogens is 254 g/mol. The highest BCUT2D eigenvalue weighted by Crippen LogP contribution is 2.40. The van der Waals surface area contributed by atoms with E-state index in [0.717, 1.165) is 29.9 Å². The van der Waals surface area contributed by atoms with Gasteiger partial charge in [-0.1, -0.05) is 17.3 Å². The number of nitrogens with two attached hydrogens (primary N) is 1. The van der Waals surface area contributed by atoms with Gasteiger partial charge in [-0.25, -0.2) is 0 Å². The SMILES string of the molecule is CC(N)c1ccc(NC(=O)c2cc(C3CC3)on2)cc1. The zero-order chi connectivity index (χ0) is 14.1. The largest absolute Gasteiger partial charge is 0.360 e. The zero-order valence-electron chi connectivity index (χ0n) is 11.3. The summed E-state index contributed by atoms with van der Waals surface area (Å²) in [5, 5.41) is 6.61. The number of nitrogens with one attached hydrogen (secondary N) is 1. The molecule has 3 rings (SSSR count). The lowest BCUT2D eigenvalue weighted by atomic mass is 10.1. The highest BCUT2D eigenvalue weighted by Gasteiger charge is 2.28. The van der Waals surface area contributed by atoms with Gasteiger partial charge in [-0.05, 0) is 37.5 Å². The van der Waals surface area contributed by atoms with E-state index < -0.39 is 0 Å². The van der Waals surface area contributed by atoms with E-state index >= 15 is 0 Å². The summed E-state index contributed by atoms with van der Waals surface area (Å²) in [6, 6.07) is 9.17. The molecule has 5 nitrogen and oxygen atoms in total. The molecule has 1 unspecified atom stereocenters. The van der Waals surface area contributed by atoms with E-state index in [2.05, 4.69) is 10.5 Å². The number of carbonyl (C=O) groups excluding carboxylic acids is 1. The average molecular weight is 271 g/mol. The van der Waals surface area contributed by atoms with E-state index in [4.69, 9.17) is 10.3 Å². The molecule has 1 heterocycles. The first-order valence-corrected chi connectivity index (χ1v) is 6.77. The minimum Gasteiger partial charge on any atom is -0.360 e. The number of benzene rings is 1. The van der Waals surface area contributed by atoms with Crippen molar-refractivity contribution in [2.24, 2.45) is 5.73 Å². The van der Waals surface area contributed by atoms with Gasteiger partial charge in [0.25, 0.3) is 5.91 Å². The molecule has 20 heavy (non-hydrogen) atoms. The number of carbonyl (C=O) groups is 1. The molecule has 1 aliphatic rings. The number of rotatable bonds is 4. The zero-order valence-corrected chi connectivity index (χ0v) is 11.3. The molecule has 1 atom stereocenters. The third kappa shape index (κ3) is 2.72. The lowest BCUT2D eigenvalue weighted by Gasteiger charge is -2.07. The molecule has 0 bridgehead atoms. The second-order valence-electron chi connectivity index (χ2n) is 5.25. The van der Waals surface area contributed by atoms with Gasteiger partial charge in [-0.2, -0.15) is 0 Å². The Morgan fingerprint density at radius 2 is 2.10 bits per heavy atom. The number of hydrogen-bond donors (Lipinski definition) is 2. The maximum absolute atomic E-state index is 12.0. The first kappa shape index (κ1) is 12.9. The second kappa shape index (κ2) is 5.09. The van der Waals surface area contributed by atoms with Crippen molar-refractivity contribution in [3.63, 3.8) is 0 Å². The van der Waals surface area contributed by atoms with Crippen LogP contribution in [0.1, 0.15) is 53.5 Å². The van der Waals surface area contributed by atoms with Crippen molar-refractivity contribution in [1.82, 2.24) is 5.16 Å². The monoisotopic (exact) mass is 271 g/mol. The number of hydrogen-bond acceptors (Lipinski definition) is 4. The fraction of sp³-hybridized carbons (Fsp3) is 0.333. The van der Waals surface area contributed by atoms with Gasteiger partial charge < -0.3 is 15.6 Å². The molecule has 104 valence electrons. The molecule has 1 aromatic carbocycles. The quantitative estimate of drug-likeness (QED) is 0.896. The first-order valence-electron chi connectivity index (χ1n) is 6.77. The van der Waals surface area contributed by atoms with Gasteiger partial charge in [0.1, 0.15) is 5.76 Å². The molecule has 0 spiro atoms. The summed E-state index contributed by atoms with van der Waals surface area (Å²) in [4.78, 5) is 12.0. The normalized spacial score (nSPS) is 15.9. The third-order valence-electron chi connectivity index (χ3n) is 3.44. The van der Waals surface area contributed by atoms with Crippen LogP contribution in [0, 0.1) is 0 Å². The van der Waals surface area contributed by atoms with Gasteiger partial charge in [-0.15, -0.1) is 0 Å². The van der Waals surface area contributed by atoms with Gasteiger partial charge in [0.05, 0.1) is 0 Å². The van der Waals surface area contributed by atoms with Crippen LogP contribution in [0.3, 0.4) is 0 Å². The highest BCUT2D eigenvalue weighted by atomic mass is 16.5. The third-order valence-corrected chi connectivity index (χ3v) is 3.44. The predicted octanol–water partition coefficient (Wildman–Crippen LogP) is 2.82. The van der Waals surface area contributed by atoms with Crippen LogP contribution >= 0.6 is 0 Å². The Morgan fingerprint density at radius 3 is 2.70 bits per heavy atom. The topological polar surface area (TPSA) is 81.1 Å². The molecule has 0 aliphatic heterocycles. The summed E-state index contributed by atoms with van der Waals surface area (Å²) < 4.78 is 5.17. The molecule has 3 N–H and O–H groups in total. The lowest BCUT2D eigenvalue weighted by Crippen LogP contribution is -2.12. The highest BCUT2D eigenvalue weighted by molar-refractivity contribution is 6.02. The van der Waals surface area contributed by atoms with Crippen molar-refractivity contribution in [2.75, 3.05) is 5.32 Å². The first-order chi connectivity index (χ1) is 9.63. The molecule has 1 saturated carbocycles. The van der Waals surface area contributed by atoms with Crippen molar-refractivity contribution in [3.8, 4) is 0 Å². The Bertz CT molecular complexity index is 612. The standard InChI is InChI=1S/C15H17N3O2/c1-9(16)10-4-6-12(7-5-10)17-15(19)13-8-14(20-18-13)11-2-3-11/h4-9,11H,2-3,16H2,1H3,(H,17,19). The number of nitrogens with zero attached hydrogens (tertiary/aromatic N) is 1. The van der Waals surface area contributed by atoms with Crippen molar-refractivity contribution in [3.05, 3.63) is 47.3 Å². The summed E-state index contributed by atoms with van der Waals surface area (Å²) in [5.41, 5.74) is 7.85. The van der Waals surface area contributed by atoms with Crippen molar-refractivity contribution in [1.29, 1.82) is 0 Å². The summed E-state index contributed by atoms with van der Waals surface area (Å²) >= 11 is 0. The number of aromatic nitrogens is 1. The van der Waals surface area contributed by atoms with Crippen molar-refractivity contribution in [2.45, 2.75) is 31.7 Å². The number of amides is 1. The maximum Gasteiger partial charge on any atom is 0.277 e. The fourth-order valence-corrected chi connectivity index (χ4v) is 2.02. The Labute approximate surface area is 117 Å². The smallest absolute Gasteiger partial charge is 0.277 e. The van der Waals surface area contributed by atoms with Crippen LogP contribution in [-0.2, 0) is 0 Å². The van der Waals surface area contributed by atoms with Crippen LogP contribution in [0.15, 0.2) is 34.9 Å². The van der Waals surface area contributed by atoms with Gasteiger partial charge >= 0.3 is 0 Å². The summed E-state index contributed by atoms with van der Waals surface area (Å²) in [6.45, 7) is 1.92.